The van der Waals surface area contributed by atoms with Crippen molar-refractivity contribution in [1.29, 1.82) is 0 Å². The second-order valence-corrected chi connectivity index (χ2v) is 8.12. The summed E-state index contributed by atoms with van der Waals surface area (Å²) in [4.78, 5) is 48.6. The Morgan fingerprint density at radius 3 is 2.71 bits per heavy atom. The number of nitrogens with zero attached hydrogens (tertiary/aromatic N) is 4. The van der Waals surface area contributed by atoms with Crippen molar-refractivity contribution in [2.24, 2.45) is 0 Å². The third-order valence-corrected chi connectivity index (χ3v) is 6.13. The first-order chi connectivity index (χ1) is 15.1. The highest BCUT2D eigenvalue weighted by Gasteiger charge is 2.30. The van der Waals surface area contributed by atoms with Crippen molar-refractivity contribution in [3.8, 4) is 0 Å². The quantitative estimate of drug-likeness (QED) is 0.662. The van der Waals surface area contributed by atoms with Crippen LogP contribution in [0.3, 0.4) is 0 Å². The van der Waals surface area contributed by atoms with Crippen LogP contribution in [0.25, 0.3) is 11.0 Å². The second kappa shape index (κ2) is 7.98. The summed E-state index contributed by atoms with van der Waals surface area (Å²) in [5.41, 5.74) is 3.74. The number of hydrogen-bond acceptors (Lipinski definition) is 5. The zero-order valence-corrected chi connectivity index (χ0v) is 17.2. The van der Waals surface area contributed by atoms with Crippen LogP contribution in [-0.4, -0.2) is 61.4 Å². The molecule has 4 heterocycles. The lowest BCUT2D eigenvalue weighted by Crippen LogP contribution is -2.37. The minimum Gasteiger partial charge on any atom is -0.337 e. The average molecular weight is 420 g/mol. The van der Waals surface area contributed by atoms with Gasteiger partial charge >= 0.3 is 0 Å². The Morgan fingerprint density at radius 1 is 1.06 bits per heavy atom. The molecule has 0 unspecified atom stereocenters. The number of carbonyl (C=O) groups excluding carboxylic acids is 2. The zero-order chi connectivity index (χ0) is 21.4. The molecule has 31 heavy (non-hydrogen) atoms. The summed E-state index contributed by atoms with van der Waals surface area (Å²) in [6, 6.07) is 7.34. The number of aromatic nitrogens is 4. The number of rotatable bonds is 4. The maximum Gasteiger partial charge on any atom is 0.274 e. The minimum atomic E-state index is -0.258. The van der Waals surface area contributed by atoms with Crippen molar-refractivity contribution < 1.29 is 9.59 Å². The normalized spacial score (nSPS) is 16.0. The molecule has 0 aliphatic carbocycles. The maximum atomic E-state index is 12.8. The van der Waals surface area contributed by atoms with Crippen molar-refractivity contribution in [1.82, 2.24) is 30.0 Å². The van der Waals surface area contributed by atoms with E-state index in [0.717, 1.165) is 37.2 Å². The molecule has 0 radical (unpaired) electrons. The number of benzene rings is 1. The summed E-state index contributed by atoms with van der Waals surface area (Å²) in [6.07, 6.45) is 3.16. The van der Waals surface area contributed by atoms with E-state index in [4.69, 9.17) is 0 Å². The predicted octanol–water partition coefficient (Wildman–Crippen LogP) is 1.40. The molecule has 2 aliphatic heterocycles. The van der Waals surface area contributed by atoms with Gasteiger partial charge in [0.15, 0.2) is 5.69 Å². The van der Waals surface area contributed by atoms with E-state index in [9.17, 15) is 14.4 Å². The van der Waals surface area contributed by atoms with Gasteiger partial charge in [-0.05, 0) is 31.4 Å². The number of H-pyrrole nitrogens is 2. The van der Waals surface area contributed by atoms with Crippen LogP contribution in [0, 0.1) is 0 Å². The van der Waals surface area contributed by atoms with Gasteiger partial charge in [-0.1, -0.05) is 12.1 Å². The summed E-state index contributed by atoms with van der Waals surface area (Å²) in [7, 11) is 0. The third kappa shape index (κ3) is 3.71. The first-order valence-corrected chi connectivity index (χ1v) is 10.7. The van der Waals surface area contributed by atoms with E-state index in [-0.39, 0.29) is 30.2 Å². The number of fused-ring (bicyclic) bond motifs is 2. The Morgan fingerprint density at radius 2 is 1.87 bits per heavy atom. The molecular weight excluding hydrogens is 396 g/mol. The molecular formula is C22H24N6O3. The van der Waals surface area contributed by atoms with Gasteiger partial charge in [-0.3, -0.25) is 19.5 Å². The van der Waals surface area contributed by atoms with Crippen LogP contribution in [0.2, 0.25) is 0 Å². The van der Waals surface area contributed by atoms with E-state index >= 15 is 0 Å². The molecule has 1 aromatic carbocycles. The Kier molecular flexibility index (Phi) is 5.01. The topological polar surface area (TPSA) is 115 Å². The fourth-order valence-electron chi connectivity index (χ4n) is 4.40. The Balaban J connectivity index is 1.25. The van der Waals surface area contributed by atoms with Crippen LogP contribution in [0.5, 0.6) is 0 Å². The van der Waals surface area contributed by atoms with Gasteiger partial charge in [0, 0.05) is 38.0 Å². The van der Waals surface area contributed by atoms with E-state index in [1.807, 2.05) is 23.1 Å². The monoisotopic (exact) mass is 420 g/mol. The van der Waals surface area contributed by atoms with Crippen molar-refractivity contribution in [2.75, 3.05) is 19.6 Å². The number of para-hydroxylation sites is 2. The van der Waals surface area contributed by atoms with E-state index in [1.165, 1.54) is 0 Å². The van der Waals surface area contributed by atoms with E-state index in [2.05, 4.69) is 20.2 Å². The molecule has 0 bridgehead atoms. The average Bonchev–Trinajstić information content (AvgIpc) is 3.47. The number of hydrogen-bond donors (Lipinski definition) is 2. The molecule has 2 aromatic heterocycles. The van der Waals surface area contributed by atoms with Crippen LogP contribution in [-0.2, 0) is 24.2 Å². The highest BCUT2D eigenvalue weighted by Crippen LogP contribution is 2.23. The van der Waals surface area contributed by atoms with Crippen molar-refractivity contribution in [2.45, 2.75) is 38.6 Å². The lowest BCUT2D eigenvalue weighted by atomic mass is 10.0. The van der Waals surface area contributed by atoms with Crippen LogP contribution in [0.4, 0.5) is 0 Å². The summed E-state index contributed by atoms with van der Waals surface area (Å²) in [5.74, 6) is -0.0570. The largest absolute Gasteiger partial charge is 0.337 e. The summed E-state index contributed by atoms with van der Waals surface area (Å²) in [5, 5.41) is 7.22. The van der Waals surface area contributed by atoms with E-state index < -0.39 is 0 Å². The lowest BCUT2D eigenvalue weighted by Gasteiger charge is -2.27. The third-order valence-electron chi connectivity index (χ3n) is 6.13. The van der Waals surface area contributed by atoms with Gasteiger partial charge in [-0.15, -0.1) is 0 Å². The zero-order valence-electron chi connectivity index (χ0n) is 17.2. The second-order valence-electron chi connectivity index (χ2n) is 8.12. The first kappa shape index (κ1) is 19.5. The molecule has 9 heteroatoms. The molecule has 2 N–H and O–H groups in total. The standard InChI is InChI=1S/C22H24N6O3/c29-19(8-7-17-21(30)24-16-6-2-1-5-15(16)23-17)28-12-9-14-18(13-28)25-26-20(14)22(31)27-10-3-4-11-27/h1-2,5-6H,3-4,7-13H2,(H,24,30)(H,25,26). The molecule has 2 aliphatic rings. The molecule has 2 amide bonds. The Labute approximate surface area is 178 Å². The SMILES string of the molecule is O=C(CCc1nc2ccccc2[nH]c1=O)N1CCc2c(C(=O)N3CCCC3)n[nH]c2C1. The van der Waals surface area contributed by atoms with Crippen LogP contribution < -0.4 is 5.56 Å². The number of nitrogens with one attached hydrogen (secondary N) is 2. The van der Waals surface area contributed by atoms with Gasteiger partial charge in [0.05, 0.1) is 23.3 Å². The Bertz CT molecular complexity index is 1210. The van der Waals surface area contributed by atoms with Crippen LogP contribution in [0.15, 0.2) is 29.1 Å². The number of likely N-dealkylation sites (tertiary alicyclic amines) is 1. The summed E-state index contributed by atoms with van der Waals surface area (Å²) in [6.45, 7) is 2.50. The van der Waals surface area contributed by atoms with Crippen LogP contribution >= 0.6 is 0 Å². The fourth-order valence-corrected chi connectivity index (χ4v) is 4.40. The van der Waals surface area contributed by atoms with Crippen LogP contribution in [0.1, 0.15) is 46.7 Å². The highest BCUT2D eigenvalue weighted by atomic mass is 16.2. The molecule has 3 aromatic rings. The van der Waals surface area contributed by atoms with E-state index in [1.54, 1.807) is 11.0 Å². The molecule has 1 fully saturated rings. The number of aromatic amines is 2. The van der Waals surface area contributed by atoms with Gasteiger partial charge in [0.2, 0.25) is 5.91 Å². The minimum absolute atomic E-state index is 0.0172. The summed E-state index contributed by atoms with van der Waals surface area (Å²) < 4.78 is 0. The van der Waals surface area contributed by atoms with Gasteiger partial charge in [0.1, 0.15) is 5.69 Å². The molecule has 0 atom stereocenters. The smallest absolute Gasteiger partial charge is 0.274 e. The van der Waals surface area contributed by atoms with Gasteiger partial charge in [-0.25, -0.2) is 4.98 Å². The number of aryl methyl sites for hydroxylation is 1. The number of amides is 2. The molecule has 0 saturated carbocycles. The predicted molar refractivity (Wildman–Crippen MR) is 114 cm³/mol. The lowest BCUT2D eigenvalue weighted by molar-refractivity contribution is -0.132. The van der Waals surface area contributed by atoms with Crippen molar-refractivity contribution in [3.05, 3.63) is 57.3 Å². The van der Waals surface area contributed by atoms with Crippen molar-refractivity contribution >= 4 is 22.8 Å². The number of carbonyl (C=O) groups is 2. The maximum absolute atomic E-state index is 12.8. The van der Waals surface area contributed by atoms with Crippen molar-refractivity contribution in [3.63, 3.8) is 0 Å². The van der Waals surface area contributed by atoms with Gasteiger partial charge < -0.3 is 14.8 Å². The molecule has 0 spiro atoms. The Hall–Kier alpha value is -3.49. The molecule has 5 rings (SSSR count). The highest BCUT2D eigenvalue weighted by molar-refractivity contribution is 5.94. The molecule has 1 saturated heterocycles. The summed E-state index contributed by atoms with van der Waals surface area (Å²) >= 11 is 0. The molecule has 160 valence electrons. The van der Waals surface area contributed by atoms with Gasteiger partial charge in [0.25, 0.3) is 11.5 Å². The molecule has 9 nitrogen and oxygen atoms in total. The first-order valence-electron chi connectivity index (χ1n) is 10.7. The van der Waals surface area contributed by atoms with E-state index in [0.29, 0.717) is 41.9 Å². The van der Waals surface area contributed by atoms with Gasteiger partial charge in [-0.2, -0.15) is 5.10 Å². The fraction of sp³-hybridized carbons (Fsp3) is 0.409.